The molecular formula is C13H12N2O2. The second-order valence-electron chi connectivity index (χ2n) is 3.55. The summed E-state index contributed by atoms with van der Waals surface area (Å²) in [7, 11) is 0. The number of anilines is 2. The Morgan fingerprint density at radius 3 is 2.35 bits per heavy atom. The Morgan fingerprint density at radius 2 is 1.71 bits per heavy atom. The number of nitrogen functional groups attached to an aromatic ring is 2. The van der Waals surface area contributed by atoms with Crippen LogP contribution in [0.5, 0.6) is 5.75 Å². The summed E-state index contributed by atoms with van der Waals surface area (Å²) in [6, 6.07) is 13.5. The van der Waals surface area contributed by atoms with Gasteiger partial charge < -0.3 is 16.2 Å². The highest BCUT2D eigenvalue weighted by Gasteiger charge is 2.11. The number of para-hydroxylation sites is 1. The van der Waals surface area contributed by atoms with E-state index in [0.717, 1.165) is 0 Å². The van der Waals surface area contributed by atoms with Crippen molar-refractivity contribution in [2.24, 2.45) is 0 Å². The Bertz CT molecular complexity index is 538. The van der Waals surface area contributed by atoms with Gasteiger partial charge in [-0.25, -0.2) is 4.79 Å². The van der Waals surface area contributed by atoms with Crippen LogP contribution in [0.4, 0.5) is 11.4 Å². The maximum Gasteiger partial charge on any atom is 0.345 e. The van der Waals surface area contributed by atoms with E-state index in [0.29, 0.717) is 22.7 Å². The molecule has 0 spiro atoms. The second-order valence-corrected chi connectivity index (χ2v) is 3.55. The van der Waals surface area contributed by atoms with Crippen molar-refractivity contribution < 1.29 is 9.53 Å². The smallest absolute Gasteiger partial charge is 0.345 e. The standard InChI is InChI=1S/C13H12N2O2/c14-9-6-7-11(12(15)8-9)13(16)17-10-4-2-1-3-5-10/h1-8H,14-15H2. The van der Waals surface area contributed by atoms with Crippen molar-refractivity contribution in [2.75, 3.05) is 11.5 Å². The molecule has 0 aliphatic heterocycles. The van der Waals surface area contributed by atoms with Gasteiger partial charge in [-0.2, -0.15) is 0 Å². The molecule has 4 nitrogen and oxygen atoms in total. The summed E-state index contributed by atoms with van der Waals surface area (Å²) in [5.41, 5.74) is 12.4. The van der Waals surface area contributed by atoms with Gasteiger partial charge in [-0.3, -0.25) is 0 Å². The van der Waals surface area contributed by atoms with Crippen LogP contribution in [0.1, 0.15) is 10.4 Å². The minimum Gasteiger partial charge on any atom is -0.423 e. The largest absolute Gasteiger partial charge is 0.423 e. The predicted octanol–water partition coefficient (Wildman–Crippen LogP) is 2.07. The number of ether oxygens (including phenoxy) is 1. The average molecular weight is 228 g/mol. The van der Waals surface area contributed by atoms with Crippen molar-refractivity contribution in [2.45, 2.75) is 0 Å². The first kappa shape index (κ1) is 11.0. The Labute approximate surface area is 98.8 Å². The highest BCUT2D eigenvalue weighted by molar-refractivity contribution is 5.97. The molecule has 0 heterocycles. The van der Waals surface area contributed by atoms with Crippen molar-refractivity contribution in [3.05, 3.63) is 54.1 Å². The summed E-state index contributed by atoms with van der Waals surface area (Å²) < 4.78 is 5.16. The fourth-order valence-corrected chi connectivity index (χ4v) is 1.42. The van der Waals surface area contributed by atoms with E-state index in [9.17, 15) is 4.79 Å². The van der Waals surface area contributed by atoms with Gasteiger partial charge in [0.25, 0.3) is 0 Å². The number of carbonyl (C=O) groups is 1. The number of rotatable bonds is 2. The molecule has 0 saturated carbocycles. The molecule has 0 aliphatic carbocycles. The quantitative estimate of drug-likeness (QED) is 0.468. The number of nitrogens with two attached hydrogens (primary N) is 2. The van der Waals surface area contributed by atoms with E-state index >= 15 is 0 Å². The SMILES string of the molecule is Nc1ccc(C(=O)Oc2ccccc2)c(N)c1. The minimum absolute atomic E-state index is 0.308. The average Bonchev–Trinajstić information content (AvgIpc) is 2.30. The third kappa shape index (κ3) is 2.55. The topological polar surface area (TPSA) is 78.3 Å². The first-order chi connectivity index (χ1) is 8.16. The fourth-order valence-electron chi connectivity index (χ4n) is 1.42. The van der Waals surface area contributed by atoms with Crippen LogP contribution >= 0.6 is 0 Å². The number of benzene rings is 2. The van der Waals surface area contributed by atoms with Crippen LogP contribution in [-0.4, -0.2) is 5.97 Å². The van der Waals surface area contributed by atoms with Gasteiger partial charge in [0.1, 0.15) is 5.75 Å². The van der Waals surface area contributed by atoms with E-state index in [1.165, 1.54) is 6.07 Å². The lowest BCUT2D eigenvalue weighted by Gasteiger charge is -2.06. The zero-order chi connectivity index (χ0) is 12.3. The van der Waals surface area contributed by atoms with Gasteiger partial charge in [-0.05, 0) is 30.3 Å². The zero-order valence-electron chi connectivity index (χ0n) is 9.09. The molecule has 0 amide bonds. The number of esters is 1. The summed E-state index contributed by atoms with van der Waals surface area (Å²) >= 11 is 0. The first-order valence-electron chi connectivity index (χ1n) is 5.09. The molecule has 0 aliphatic rings. The van der Waals surface area contributed by atoms with Crippen molar-refractivity contribution in [3.8, 4) is 5.75 Å². The van der Waals surface area contributed by atoms with Crippen LogP contribution in [0, 0.1) is 0 Å². The first-order valence-corrected chi connectivity index (χ1v) is 5.09. The highest BCUT2D eigenvalue weighted by Crippen LogP contribution is 2.18. The Kier molecular flexibility index (Phi) is 2.96. The van der Waals surface area contributed by atoms with E-state index in [1.54, 1.807) is 36.4 Å². The summed E-state index contributed by atoms with van der Waals surface area (Å²) in [5, 5.41) is 0. The van der Waals surface area contributed by atoms with Crippen LogP contribution in [0.3, 0.4) is 0 Å². The van der Waals surface area contributed by atoms with Crippen molar-refractivity contribution in [3.63, 3.8) is 0 Å². The summed E-state index contributed by atoms with van der Waals surface area (Å²) in [6.45, 7) is 0. The van der Waals surface area contributed by atoms with Gasteiger partial charge in [-0.1, -0.05) is 18.2 Å². The van der Waals surface area contributed by atoms with Gasteiger partial charge in [0, 0.05) is 11.4 Å². The van der Waals surface area contributed by atoms with Crippen LogP contribution in [0.25, 0.3) is 0 Å². The summed E-state index contributed by atoms with van der Waals surface area (Å²) in [5.74, 6) is -0.0116. The van der Waals surface area contributed by atoms with Gasteiger partial charge in [0.2, 0.25) is 0 Å². The molecule has 2 rings (SSSR count). The van der Waals surface area contributed by atoms with E-state index in [-0.39, 0.29) is 0 Å². The number of hydrogen-bond acceptors (Lipinski definition) is 4. The van der Waals surface area contributed by atoms with Crippen molar-refractivity contribution in [1.29, 1.82) is 0 Å². The number of carbonyl (C=O) groups excluding carboxylic acids is 1. The van der Waals surface area contributed by atoms with Crippen molar-refractivity contribution >= 4 is 17.3 Å². The lowest BCUT2D eigenvalue weighted by molar-refractivity contribution is 0.0736. The van der Waals surface area contributed by atoms with E-state index in [2.05, 4.69) is 0 Å². The van der Waals surface area contributed by atoms with Crippen LogP contribution in [0.2, 0.25) is 0 Å². The van der Waals surface area contributed by atoms with Crippen LogP contribution in [-0.2, 0) is 0 Å². The maximum atomic E-state index is 11.8. The normalized spacial score (nSPS) is 9.88. The highest BCUT2D eigenvalue weighted by atomic mass is 16.5. The molecule has 2 aromatic rings. The molecule has 0 bridgehead atoms. The van der Waals surface area contributed by atoms with E-state index in [1.807, 2.05) is 6.07 Å². The molecule has 0 radical (unpaired) electrons. The third-order valence-corrected chi connectivity index (χ3v) is 2.25. The van der Waals surface area contributed by atoms with Gasteiger partial charge in [-0.15, -0.1) is 0 Å². The molecule has 2 aromatic carbocycles. The van der Waals surface area contributed by atoms with E-state index < -0.39 is 5.97 Å². The molecule has 4 heteroatoms. The van der Waals surface area contributed by atoms with E-state index in [4.69, 9.17) is 16.2 Å². The molecule has 0 fully saturated rings. The fraction of sp³-hybridized carbons (Fsp3) is 0. The number of hydrogen-bond donors (Lipinski definition) is 2. The van der Waals surface area contributed by atoms with Crippen LogP contribution < -0.4 is 16.2 Å². The molecule has 0 unspecified atom stereocenters. The van der Waals surface area contributed by atoms with Gasteiger partial charge in [0.05, 0.1) is 5.56 Å². The zero-order valence-corrected chi connectivity index (χ0v) is 9.09. The lowest BCUT2D eigenvalue weighted by atomic mass is 10.1. The Morgan fingerprint density at radius 1 is 1.00 bits per heavy atom. The molecular weight excluding hydrogens is 216 g/mol. The molecule has 0 aromatic heterocycles. The summed E-state index contributed by atoms with van der Waals surface area (Å²) in [4.78, 5) is 11.8. The lowest BCUT2D eigenvalue weighted by Crippen LogP contribution is -2.11. The molecule has 0 atom stereocenters. The second kappa shape index (κ2) is 4.57. The Hall–Kier alpha value is -2.49. The van der Waals surface area contributed by atoms with Crippen molar-refractivity contribution in [1.82, 2.24) is 0 Å². The van der Waals surface area contributed by atoms with Gasteiger partial charge >= 0.3 is 5.97 Å². The Balaban J connectivity index is 2.21. The monoisotopic (exact) mass is 228 g/mol. The predicted molar refractivity (Wildman–Crippen MR) is 66.7 cm³/mol. The molecule has 17 heavy (non-hydrogen) atoms. The molecule has 0 saturated heterocycles. The minimum atomic E-state index is -0.492. The summed E-state index contributed by atoms with van der Waals surface area (Å²) in [6.07, 6.45) is 0. The van der Waals surface area contributed by atoms with Crippen LogP contribution in [0.15, 0.2) is 48.5 Å². The molecule has 86 valence electrons. The third-order valence-electron chi connectivity index (χ3n) is 2.25. The van der Waals surface area contributed by atoms with Gasteiger partial charge in [0.15, 0.2) is 0 Å². The molecule has 4 N–H and O–H groups in total. The maximum absolute atomic E-state index is 11.8.